The molecule has 0 saturated carbocycles. The van der Waals surface area contributed by atoms with E-state index in [0.29, 0.717) is 18.0 Å². The molecule has 3 heterocycles. The average Bonchev–Trinajstić information content (AvgIpc) is 3.37. The number of aryl methyl sites for hydroxylation is 1. The molecule has 6 heteroatoms. The molecule has 1 aliphatic heterocycles. The first kappa shape index (κ1) is 19.9. The first-order chi connectivity index (χ1) is 14.2. The fourth-order valence-corrected chi connectivity index (χ4v) is 4.67. The quantitative estimate of drug-likeness (QED) is 0.618. The Bertz CT molecular complexity index is 910. The summed E-state index contributed by atoms with van der Waals surface area (Å²) in [6.07, 6.45) is 5.03. The van der Waals surface area contributed by atoms with Crippen molar-refractivity contribution >= 4 is 17.2 Å². The van der Waals surface area contributed by atoms with Gasteiger partial charge in [0.2, 0.25) is 0 Å². The normalized spacial score (nSPS) is 16.3. The average molecular weight is 410 g/mol. The molecule has 1 fully saturated rings. The van der Waals surface area contributed by atoms with Gasteiger partial charge in [0.15, 0.2) is 11.5 Å². The largest absolute Gasteiger partial charge is 0.355 e. The summed E-state index contributed by atoms with van der Waals surface area (Å²) in [6, 6.07) is 14.2. The standard InChI is InChI=1S/C23H27N3O2S/c1-17-8-10-18(11-9-17)21-15-19(25-28-21)23(27)24-16-20(22-7-6-14-29-22)26-12-4-2-3-5-13-26/h6-11,14-15,20H,2-5,12-13,16H2,1H3,(H,24,27)/t20-/m0/s1. The minimum absolute atomic E-state index is 0.191. The van der Waals surface area contributed by atoms with E-state index < -0.39 is 0 Å². The number of benzene rings is 1. The van der Waals surface area contributed by atoms with Crippen molar-refractivity contribution in [3.63, 3.8) is 0 Å². The fourth-order valence-electron chi connectivity index (χ4n) is 3.81. The number of nitrogens with zero attached hydrogens (tertiary/aromatic N) is 2. The smallest absolute Gasteiger partial charge is 0.273 e. The molecule has 0 aliphatic carbocycles. The molecule has 3 aromatic rings. The van der Waals surface area contributed by atoms with E-state index in [4.69, 9.17) is 4.52 Å². The highest BCUT2D eigenvalue weighted by atomic mass is 32.1. The first-order valence-electron chi connectivity index (χ1n) is 10.3. The van der Waals surface area contributed by atoms with Crippen molar-refractivity contribution in [2.75, 3.05) is 19.6 Å². The van der Waals surface area contributed by atoms with Gasteiger partial charge >= 0.3 is 0 Å². The van der Waals surface area contributed by atoms with E-state index in [1.807, 2.05) is 31.2 Å². The molecular weight excluding hydrogens is 382 g/mol. The Balaban J connectivity index is 1.43. The van der Waals surface area contributed by atoms with E-state index >= 15 is 0 Å². The molecule has 1 atom stereocenters. The molecule has 1 saturated heterocycles. The topological polar surface area (TPSA) is 58.4 Å². The predicted molar refractivity (Wildman–Crippen MR) is 116 cm³/mol. The van der Waals surface area contributed by atoms with Crippen molar-refractivity contribution < 1.29 is 9.32 Å². The van der Waals surface area contributed by atoms with Crippen molar-refractivity contribution in [3.8, 4) is 11.3 Å². The lowest BCUT2D eigenvalue weighted by Crippen LogP contribution is -2.38. The van der Waals surface area contributed by atoms with Crippen molar-refractivity contribution in [2.45, 2.75) is 38.6 Å². The zero-order valence-corrected chi connectivity index (χ0v) is 17.6. The summed E-state index contributed by atoms with van der Waals surface area (Å²) in [4.78, 5) is 16.5. The maximum Gasteiger partial charge on any atom is 0.273 e. The van der Waals surface area contributed by atoms with Gasteiger partial charge in [-0.25, -0.2) is 0 Å². The van der Waals surface area contributed by atoms with Crippen LogP contribution in [-0.4, -0.2) is 35.6 Å². The first-order valence-corrected chi connectivity index (χ1v) is 11.2. The minimum atomic E-state index is -0.191. The van der Waals surface area contributed by atoms with Crippen LogP contribution >= 0.6 is 11.3 Å². The maximum absolute atomic E-state index is 12.7. The lowest BCUT2D eigenvalue weighted by atomic mass is 10.1. The molecule has 152 valence electrons. The van der Waals surface area contributed by atoms with Crippen LogP contribution in [0.2, 0.25) is 0 Å². The Kier molecular flexibility index (Phi) is 6.42. The van der Waals surface area contributed by atoms with Crippen LogP contribution in [0.3, 0.4) is 0 Å². The number of likely N-dealkylation sites (tertiary alicyclic amines) is 1. The van der Waals surface area contributed by atoms with Gasteiger partial charge < -0.3 is 9.84 Å². The molecule has 4 rings (SSSR count). The summed E-state index contributed by atoms with van der Waals surface area (Å²) in [7, 11) is 0. The lowest BCUT2D eigenvalue weighted by Gasteiger charge is -2.30. The third kappa shape index (κ3) is 4.95. The second-order valence-electron chi connectivity index (χ2n) is 7.63. The van der Waals surface area contributed by atoms with Crippen molar-refractivity contribution in [3.05, 3.63) is 64.0 Å². The highest BCUT2D eigenvalue weighted by molar-refractivity contribution is 7.10. The number of carbonyl (C=O) groups is 1. The Hall–Kier alpha value is -2.44. The van der Waals surface area contributed by atoms with E-state index in [1.165, 1.54) is 36.1 Å². The van der Waals surface area contributed by atoms with Crippen LogP contribution in [0, 0.1) is 6.92 Å². The number of thiophene rings is 1. The van der Waals surface area contributed by atoms with E-state index in [2.05, 4.69) is 32.9 Å². The van der Waals surface area contributed by atoms with E-state index in [1.54, 1.807) is 17.4 Å². The van der Waals surface area contributed by atoms with Gasteiger partial charge in [-0.05, 0) is 44.3 Å². The molecule has 0 unspecified atom stereocenters. The van der Waals surface area contributed by atoms with Crippen LogP contribution in [0.5, 0.6) is 0 Å². The molecule has 29 heavy (non-hydrogen) atoms. The summed E-state index contributed by atoms with van der Waals surface area (Å²) >= 11 is 1.75. The van der Waals surface area contributed by atoms with Gasteiger partial charge in [-0.3, -0.25) is 9.69 Å². The summed E-state index contributed by atoms with van der Waals surface area (Å²) in [5.41, 5.74) is 2.42. The van der Waals surface area contributed by atoms with Crippen molar-refractivity contribution in [1.29, 1.82) is 0 Å². The monoisotopic (exact) mass is 409 g/mol. The van der Waals surface area contributed by atoms with Crippen LogP contribution in [0.25, 0.3) is 11.3 Å². The van der Waals surface area contributed by atoms with Gasteiger partial charge in [0, 0.05) is 23.1 Å². The van der Waals surface area contributed by atoms with E-state index in [0.717, 1.165) is 18.7 Å². The number of amides is 1. The summed E-state index contributed by atoms with van der Waals surface area (Å²) in [6.45, 7) is 4.78. The number of nitrogens with one attached hydrogen (secondary N) is 1. The number of hydrogen-bond acceptors (Lipinski definition) is 5. The van der Waals surface area contributed by atoms with Gasteiger partial charge in [-0.1, -0.05) is 53.9 Å². The second-order valence-corrected chi connectivity index (χ2v) is 8.61. The van der Waals surface area contributed by atoms with Crippen molar-refractivity contribution in [1.82, 2.24) is 15.4 Å². The third-order valence-corrected chi connectivity index (χ3v) is 6.46. The third-order valence-electron chi connectivity index (χ3n) is 5.49. The van der Waals surface area contributed by atoms with Gasteiger partial charge in [0.1, 0.15) is 0 Å². The molecule has 0 bridgehead atoms. The summed E-state index contributed by atoms with van der Waals surface area (Å²) in [5.74, 6) is 0.418. The Labute approximate surface area is 175 Å². The fraction of sp³-hybridized carbons (Fsp3) is 0.391. The Morgan fingerprint density at radius 3 is 2.62 bits per heavy atom. The number of rotatable bonds is 6. The van der Waals surface area contributed by atoms with Crippen LogP contribution in [-0.2, 0) is 0 Å². The molecule has 1 amide bonds. The zero-order chi connectivity index (χ0) is 20.1. The maximum atomic E-state index is 12.7. The zero-order valence-electron chi connectivity index (χ0n) is 16.8. The molecular formula is C23H27N3O2S. The van der Waals surface area contributed by atoms with Crippen molar-refractivity contribution in [2.24, 2.45) is 0 Å². The highest BCUT2D eigenvalue weighted by Gasteiger charge is 2.24. The minimum Gasteiger partial charge on any atom is -0.355 e. The van der Waals surface area contributed by atoms with Crippen LogP contribution in [0.4, 0.5) is 0 Å². The number of aromatic nitrogens is 1. The SMILES string of the molecule is Cc1ccc(-c2cc(C(=O)NC[C@@H](c3cccs3)N3CCCCCC3)no2)cc1. The van der Waals surface area contributed by atoms with Crippen LogP contribution in [0.1, 0.15) is 52.7 Å². The second kappa shape index (κ2) is 9.37. The molecule has 1 aliphatic rings. The Morgan fingerprint density at radius 1 is 1.17 bits per heavy atom. The van der Waals surface area contributed by atoms with E-state index in [-0.39, 0.29) is 11.9 Å². The highest BCUT2D eigenvalue weighted by Crippen LogP contribution is 2.27. The van der Waals surface area contributed by atoms with Crippen LogP contribution in [0.15, 0.2) is 52.4 Å². The van der Waals surface area contributed by atoms with Crippen LogP contribution < -0.4 is 5.32 Å². The number of carbonyl (C=O) groups excluding carboxylic acids is 1. The lowest BCUT2D eigenvalue weighted by molar-refractivity contribution is 0.0925. The molecule has 1 aromatic carbocycles. The molecule has 1 N–H and O–H groups in total. The predicted octanol–water partition coefficient (Wildman–Crippen LogP) is 5.06. The summed E-state index contributed by atoms with van der Waals surface area (Å²) < 4.78 is 5.40. The molecule has 0 radical (unpaired) electrons. The molecule has 5 nitrogen and oxygen atoms in total. The Morgan fingerprint density at radius 2 is 1.93 bits per heavy atom. The van der Waals surface area contributed by atoms with Gasteiger partial charge in [-0.2, -0.15) is 0 Å². The van der Waals surface area contributed by atoms with Gasteiger partial charge in [-0.15, -0.1) is 11.3 Å². The molecule has 2 aromatic heterocycles. The molecule has 0 spiro atoms. The van der Waals surface area contributed by atoms with Gasteiger partial charge in [0.25, 0.3) is 5.91 Å². The van der Waals surface area contributed by atoms with Gasteiger partial charge in [0.05, 0.1) is 6.04 Å². The summed E-state index contributed by atoms with van der Waals surface area (Å²) in [5, 5.41) is 9.17. The van der Waals surface area contributed by atoms with E-state index in [9.17, 15) is 4.79 Å². The number of hydrogen-bond donors (Lipinski definition) is 1.